The summed E-state index contributed by atoms with van der Waals surface area (Å²) >= 11 is 0. The SMILES string of the molecule is CC1(C)c2ccccc2-c2cc3c(cc21)N(c1ccc2nc(-c4ccccc4)nc(-c4ccccc4)c2c1)C1CCC=CC31C. The molecule has 0 N–H and O–H groups in total. The topological polar surface area (TPSA) is 29.0 Å². The Kier molecular flexibility index (Phi) is 5.56. The summed E-state index contributed by atoms with van der Waals surface area (Å²) in [7, 11) is 0. The van der Waals surface area contributed by atoms with E-state index >= 15 is 0 Å². The minimum Gasteiger partial charge on any atom is -0.337 e. The Morgan fingerprint density at radius 2 is 1.40 bits per heavy atom. The van der Waals surface area contributed by atoms with Crippen molar-refractivity contribution in [2.75, 3.05) is 4.90 Å². The maximum Gasteiger partial charge on any atom is 0.160 e. The van der Waals surface area contributed by atoms with Crippen molar-refractivity contribution in [2.24, 2.45) is 0 Å². The van der Waals surface area contributed by atoms with E-state index in [1.54, 1.807) is 0 Å². The van der Waals surface area contributed by atoms with Gasteiger partial charge in [0, 0.05) is 44.8 Å². The molecular formula is C42H35N3. The van der Waals surface area contributed by atoms with E-state index in [0.29, 0.717) is 6.04 Å². The Morgan fingerprint density at radius 3 is 2.20 bits per heavy atom. The minimum absolute atomic E-state index is 0.0529. The molecule has 218 valence electrons. The maximum atomic E-state index is 5.20. The highest BCUT2D eigenvalue weighted by molar-refractivity contribution is 5.97. The molecule has 0 saturated heterocycles. The van der Waals surface area contributed by atoms with E-state index < -0.39 is 0 Å². The molecule has 0 spiro atoms. The molecule has 0 saturated carbocycles. The van der Waals surface area contributed by atoms with Crippen LogP contribution >= 0.6 is 0 Å². The average molecular weight is 582 g/mol. The molecular weight excluding hydrogens is 546 g/mol. The molecule has 0 amide bonds. The minimum atomic E-state index is -0.0742. The summed E-state index contributed by atoms with van der Waals surface area (Å²) in [4.78, 5) is 12.9. The Labute approximate surface area is 264 Å². The fourth-order valence-electron chi connectivity index (χ4n) is 8.31. The van der Waals surface area contributed by atoms with Crippen molar-refractivity contribution in [3.63, 3.8) is 0 Å². The molecule has 5 aromatic carbocycles. The molecule has 2 heterocycles. The number of nitrogens with zero attached hydrogens (tertiary/aromatic N) is 3. The molecule has 0 bridgehead atoms. The largest absolute Gasteiger partial charge is 0.337 e. The van der Waals surface area contributed by atoms with E-state index in [9.17, 15) is 0 Å². The van der Waals surface area contributed by atoms with Crippen LogP contribution in [-0.2, 0) is 10.8 Å². The lowest BCUT2D eigenvalue weighted by molar-refractivity contribution is 0.441. The lowest BCUT2D eigenvalue weighted by atomic mass is 9.73. The summed E-state index contributed by atoms with van der Waals surface area (Å²) in [5, 5.41) is 1.08. The van der Waals surface area contributed by atoms with Gasteiger partial charge in [0.15, 0.2) is 5.82 Å². The summed E-state index contributed by atoms with van der Waals surface area (Å²) in [6.45, 7) is 7.19. The Balaban J connectivity index is 1.27. The van der Waals surface area contributed by atoms with Gasteiger partial charge >= 0.3 is 0 Å². The van der Waals surface area contributed by atoms with Crippen LogP contribution in [0.25, 0.3) is 44.7 Å². The first-order chi connectivity index (χ1) is 21.9. The standard InChI is InChI=1S/C42H35N3/c1-41(2)33-19-11-10-18-30(33)31-25-35-37(26-34(31)41)45(38-20-12-13-23-42(35,38)3)29-21-22-36-32(24-29)39(27-14-6-4-7-15-27)44-40(43-36)28-16-8-5-9-17-28/h4-11,13-19,21-26,38H,12,20H2,1-3H3. The van der Waals surface area contributed by atoms with Crippen LogP contribution in [0.1, 0.15) is 50.3 Å². The van der Waals surface area contributed by atoms with Crippen molar-refractivity contribution < 1.29 is 0 Å². The Bertz CT molecular complexity index is 2160. The highest BCUT2D eigenvalue weighted by Gasteiger charge is 2.49. The van der Waals surface area contributed by atoms with Gasteiger partial charge in [-0.25, -0.2) is 9.97 Å². The van der Waals surface area contributed by atoms with Crippen molar-refractivity contribution in [1.29, 1.82) is 0 Å². The van der Waals surface area contributed by atoms with E-state index in [0.717, 1.165) is 46.4 Å². The number of anilines is 2. The quantitative estimate of drug-likeness (QED) is 0.195. The molecule has 3 aliphatic rings. The Hall–Kier alpha value is -5.02. The van der Waals surface area contributed by atoms with Crippen LogP contribution in [0, 0.1) is 0 Å². The number of hydrogen-bond donors (Lipinski definition) is 0. The van der Waals surface area contributed by atoms with Crippen LogP contribution in [0.15, 0.2) is 127 Å². The molecule has 45 heavy (non-hydrogen) atoms. The second-order valence-electron chi connectivity index (χ2n) is 13.6. The van der Waals surface area contributed by atoms with Crippen LogP contribution in [0.4, 0.5) is 11.4 Å². The normalized spacial score (nSPS) is 20.5. The molecule has 0 fully saturated rings. The third kappa shape index (κ3) is 3.77. The fraction of sp³-hybridized carbons (Fsp3) is 0.190. The van der Waals surface area contributed by atoms with Gasteiger partial charge in [0.2, 0.25) is 0 Å². The third-order valence-electron chi connectivity index (χ3n) is 10.7. The highest BCUT2D eigenvalue weighted by atomic mass is 15.2. The lowest BCUT2D eigenvalue weighted by Gasteiger charge is -2.37. The van der Waals surface area contributed by atoms with E-state index in [-0.39, 0.29) is 10.8 Å². The number of allylic oxidation sites excluding steroid dienone is 1. The molecule has 1 aromatic heterocycles. The zero-order valence-electron chi connectivity index (χ0n) is 26.0. The molecule has 6 aromatic rings. The first kappa shape index (κ1) is 26.4. The molecule has 2 unspecified atom stereocenters. The number of benzene rings is 5. The zero-order valence-corrected chi connectivity index (χ0v) is 26.0. The molecule has 3 nitrogen and oxygen atoms in total. The summed E-state index contributed by atoms with van der Waals surface area (Å²) in [5.41, 5.74) is 13.5. The summed E-state index contributed by atoms with van der Waals surface area (Å²) in [5.74, 6) is 0.753. The summed E-state index contributed by atoms with van der Waals surface area (Å²) in [6.07, 6.45) is 7.07. The van der Waals surface area contributed by atoms with Crippen molar-refractivity contribution in [3.05, 3.63) is 144 Å². The van der Waals surface area contributed by atoms with E-state index in [1.165, 1.54) is 39.2 Å². The first-order valence-corrected chi connectivity index (χ1v) is 16.1. The van der Waals surface area contributed by atoms with Crippen molar-refractivity contribution in [1.82, 2.24) is 9.97 Å². The number of aromatic nitrogens is 2. The third-order valence-corrected chi connectivity index (χ3v) is 10.7. The van der Waals surface area contributed by atoms with Crippen LogP contribution in [-0.4, -0.2) is 16.0 Å². The van der Waals surface area contributed by atoms with Gasteiger partial charge in [-0.1, -0.05) is 111 Å². The molecule has 9 rings (SSSR count). The molecule has 1 aliphatic heterocycles. The average Bonchev–Trinajstić information content (AvgIpc) is 3.48. The number of fused-ring (bicyclic) bond motifs is 7. The number of hydrogen-bond acceptors (Lipinski definition) is 3. The Morgan fingerprint density at radius 1 is 0.667 bits per heavy atom. The smallest absolute Gasteiger partial charge is 0.160 e. The van der Waals surface area contributed by atoms with Gasteiger partial charge in [0.05, 0.1) is 11.2 Å². The van der Waals surface area contributed by atoms with E-state index in [1.807, 2.05) is 18.2 Å². The van der Waals surface area contributed by atoms with E-state index in [4.69, 9.17) is 9.97 Å². The van der Waals surface area contributed by atoms with Crippen LogP contribution in [0.5, 0.6) is 0 Å². The van der Waals surface area contributed by atoms with Gasteiger partial charge in [-0.05, 0) is 77.9 Å². The first-order valence-electron chi connectivity index (χ1n) is 16.1. The lowest BCUT2D eigenvalue weighted by Crippen LogP contribution is -2.41. The predicted octanol–water partition coefficient (Wildman–Crippen LogP) is 10.4. The van der Waals surface area contributed by atoms with Crippen molar-refractivity contribution >= 4 is 22.3 Å². The van der Waals surface area contributed by atoms with Gasteiger partial charge in [0.1, 0.15) is 0 Å². The predicted molar refractivity (Wildman–Crippen MR) is 186 cm³/mol. The molecule has 2 atom stereocenters. The van der Waals surface area contributed by atoms with Crippen LogP contribution in [0.2, 0.25) is 0 Å². The van der Waals surface area contributed by atoms with Crippen molar-refractivity contribution in [2.45, 2.75) is 50.5 Å². The van der Waals surface area contributed by atoms with Crippen LogP contribution < -0.4 is 4.90 Å². The monoisotopic (exact) mass is 581 g/mol. The van der Waals surface area contributed by atoms with Crippen LogP contribution in [0.3, 0.4) is 0 Å². The van der Waals surface area contributed by atoms with E-state index in [2.05, 4.69) is 135 Å². The van der Waals surface area contributed by atoms with Gasteiger partial charge in [-0.2, -0.15) is 0 Å². The molecule has 0 radical (unpaired) electrons. The second kappa shape index (κ2) is 9.49. The molecule has 2 aliphatic carbocycles. The number of rotatable bonds is 3. The van der Waals surface area contributed by atoms with Gasteiger partial charge < -0.3 is 4.90 Å². The summed E-state index contributed by atoms with van der Waals surface area (Å²) in [6, 6.07) is 42.0. The highest BCUT2D eigenvalue weighted by Crippen LogP contribution is 2.58. The van der Waals surface area contributed by atoms with Gasteiger partial charge in [-0.3, -0.25) is 0 Å². The molecule has 3 heteroatoms. The maximum absolute atomic E-state index is 5.20. The second-order valence-corrected chi connectivity index (χ2v) is 13.6. The fourth-order valence-corrected chi connectivity index (χ4v) is 8.31. The van der Waals surface area contributed by atoms with Gasteiger partial charge in [0.25, 0.3) is 0 Å². The zero-order chi connectivity index (χ0) is 30.3. The summed E-state index contributed by atoms with van der Waals surface area (Å²) < 4.78 is 0. The van der Waals surface area contributed by atoms with Gasteiger partial charge in [-0.15, -0.1) is 0 Å². The van der Waals surface area contributed by atoms with Crippen molar-refractivity contribution in [3.8, 4) is 33.8 Å².